The van der Waals surface area contributed by atoms with Crippen molar-refractivity contribution in [3.05, 3.63) is 59.6 Å². The smallest absolute Gasteiger partial charge is 0.327 e. The van der Waals surface area contributed by atoms with Crippen LogP contribution >= 0.6 is 11.6 Å². The lowest BCUT2D eigenvalue weighted by Crippen LogP contribution is -2.40. The third-order valence-corrected chi connectivity index (χ3v) is 3.84. The Morgan fingerprint density at radius 2 is 1.87 bits per heavy atom. The van der Waals surface area contributed by atoms with Gasteiger partial charge in [0.15, 0.2) is 0 Å². The monoisotopic (exact) mass is 328 g/mol. The zero-order chi connectivity index (χ0) is 16.1. The number of nitrogens with zero attached hydrogens (tertiary/aromatic N) is 2. The summed E-state index contributed by atoms with van der Waals surface area (Å²) in [6.07, 6.45) is 0. The minimum Gasteiger partial charge on any atom is -0.377 e. The Hall–Kier alpha value is -2.53. The van der Waals surface area contributed by atoms with E-state index in [9.17, 15) is 4.79 Å². The Morgan fingerprint density at radius 3 is 2.65 bits per heavy atom. The molecule has 6 heteroatoms. The van der Waals surface area contributed by atoms with E-state index in [-0.39, 0.29) is 6.03 Å². The van der Waals surface area contributed by atoms with Gasteiger partial charge in [0.05, 0.1) is 23.8 Å². The predicted molar refractivity (Wildman–Crippen MR) is 94.4 cm³/mol. The molecule has 0 saturated carbocycles. The van der Waals surface area contributed by atoms with Crippen molar-refractivity contribution in [2.45, 2.75) is 0 Å². The van der Waals surface area contributed by atoms with Gasteiger partial charge >= 0.3 is 6.03 Å². The molecule has 0 radical (unpaired) electrons. The fraction of sp³-hybridized carbons (Fsp3) is 0.176. The fourth-order valence-electron chi connectivity index (χ4n) is 2.35. The van der Waals surface area contributed by atoms with Gasteiger partial charge in [-0.05, 0) is 24.3 Å². The van der Waals surface area contributed by atoms with Crippen molar-refractivity contribution >= 4 is 34.8 Å². The van der Waals surface area contributed by atoms with Crippen molar-refractivity contribution in [2.75, 3.05) is 30.3 Å². The summed E-state index contributed by atoms with van der Waals surface area (Å²) in [5.74, 6) is 0.707. The highest BCUT2D eigenvalue weighted by atomic mass is 35.5. The summed E-state index contributed by atoms with van der Waals surface area (Å²) in [5.41, 5.74) is 1.59. The number of nitrogens with one attached hydrogen (secondary N) is 2. The third kappa shape index (κ3) is 3.81. The highest BCUT2D eigenvalue weighted by Crippen LogP contribution is 2.20. The van der Waals surface area contributed by atoms with Crippen LogP contribution in [0.1, 0.15) is 0 Å². The van der Waals surface area contributed by atoms with Gasteiger partial charge in [0.1, 0.15) is 5.84 Å². The minimum absolute atomic E-state index is 0.173. The molecule has 2 aromatic rings. The molecule has 0 saturated heterocycles. The minimum atomic E-state index is -0.173. The highest BCUT2D eigenvalue weighted by Gasteiger charge is 2.23. The molecule has 1 aliphatic heterocycles. The maximum atomic E-state index is 12.4. The fourth-order valence-corrected chi connectivity index (χ4v) is 2.56. The molecule has 0 spiro atoms. The molecule has 2 amide bonds. The number of halogens is 1. The number of rotatable bonds is 4. The van der Waals surface area contributed by atoms with Crippen LogP contribution in [0.15, 0.2) is 59.6 Å². The summed E-state index contributed by atoms with van der Waals surface area (Å²) in [6.45, 7) is 1.64. The highest BCUT2D eigenvalue weighted by molar-refractivity contribution is 6.33. The Balaban J connectivity index is 1.61. The number of para-hydroxylation sites is 2. The van der Waals surface area contributed by atoms with Crippen LogP contribution in [0.4, 0.5) is 16.2 Å². The molecule has 0 aliphatic carbocycles. The Labute approximate surface area is 140 Å². The lowest BCUT2D eigenvalue weighted by Gasteiger charge is -2.20. The van der Waals surface area contributed by atoms with E-state index in [1.807, 2.05) is 54.6 Å². The van der Waals surface area contributed by atoms with Gasteiger partial charge < -0.3 is 10.6 Å². The Bertz CT molecular complexity index is 718. The first-order valence-corrected chi connectivity index (χ1v) is 7.77. The average Bonchev–Trinajstić information content (AvgIpc) is 3.04. The Kier molecular flexibility index (Phi) is 4.78. The topological polar surface area (TPSA) is 56.7 Å². The number of aliphatic imine (C=N–C) groups is 1. The van der Waals surface area contributed by atoms with Gasteiger partial charge in [-0.25, -0.2) is 4.79 Å². The molecule has 2 N–H and O–H groups in total. The maximum Gasteiger partial charge on any atom is 0.327 e. The van der Waals surface area contributed by atoms with Crippen LogP contribution in [0, 0.1) is 0 Å². The van der Waals surface area contributed by atoms with E-state index in [1.54, 1.807) is 4.90 Å². The molecule has 0 atom stereocenters. The first kappa shape index (κ1) is 15.4. The summed E-state index contributed by atoms with van der Waals surface area (Å²) in [4.78, 5) is 18.4. The maximum absolute atomic E-state index is 12.4. The van der Waals surface area contributed by atoms with Crippen LogP contribution in [0.5, 0.6) is 0 Å². The molecule has 2 aromatic carbocycles. The van der Waals surface area contributed by atoms with Crippen LogP contribution in [-0.2, 0) is 0 Å². The quantitative estimate of drug-likeness (QED) is 0.899. The summed E-state index contributed by atoms with van der Waals surface area (Å²) in [7, 11) is 0. The summed E-state index contributed by atoms with van der Waals surface area (Å²) in [5, 5.41) is 6.74. The van der Waals surface area contributed by atoms with Crippen molar-refractivity contribution in [1.82, 2.24) is 4.90 Å². The SMILES string of the molecule is O=C(Nc1ccccc1)N1CCN=C1CNc1ccccc1Cl. The lowest BCUT2D eigenvalue weighted by molar-refractivity contribution is 0.236. The molecule has 3 rings (SSSR count). The summed E-state index contributed by atoms with van der Waals surface area (Å²) >= 11 is 6.12. The van der Waals surface area contributed by atoms with Crippen LogP contribution < -0.4 is 10.6 Å². The van der Waals surface area contributed by atoms with E-state index < -0.39 is 0 Å². The van der Waals surface area contributed by atoms with Gasteiger partial charge in [0.25, 0.3) is 0 Å². The van der Waals surface area contributed by atoms with Crippen LogP contribution in [0.25, 0.3) is 0 Å². The zero-order valence-electron chi connectivity index (χ0n) is 12.5. The second-order valence-electron chi connectivity index (χ2n) is 5.08. The predicted octanol–water partition coefficient (Wildman–Crippen LogP) is 3.70. The first-order valence-electron chi connectivity index (χ1n) is 7.39. The molecule has 0 bridgehead atoms. The number of hydrogen-bond acceptors (Lipinski definition) is 3. The molecule has 0 aromatic heterocycles. The first-order chi connectivity index (χ1) is 11.2. The molecular weight excluding hydrogens is 312 g/mol. The molecule has 1 aliphatic rings. The van der Waals surface area contributed by atoms with Gasteiger partial charge in [-0.3, -0.25) is 9.89 Å². The van der Waals surface area contributed by atoms with Gasteiger partial charge in [0.2, 0.25) is 0 Å². The number of carbonyl (C=O) groups is 1. The summed E-state index contributed by atoms with van der Waals surface area (Å²) in [6, 6.07) is 16.7. The molecule has 0 unspecified atom stereocenters. The number of carbonyl (C=O) groups excluding carboxylic acids is 1. The number of anilines is 2. The van der Waals surface area contributed by atoms with Crippen molar-refractivity contribution in [2.24, 2.45) is 4.99 Å². The van der Waals surface area contributed by atoms with Gasteiger partial charge in [-0.2, -0.15) is 0 Å². The van der Waals surface area contributed by atoms with Gasteiger partial charge in [0, 0.05) is 12.2 Å². The van der Waals surface area contributed by atoms with Crippen molar-refractivity contribution in [1.29, 1.82) is 0 Å². The van der Waals surface area contributed by atoms with Crippen LogP contribution in [-0.4, -0.2) is 36.4 Å². The molecule has 118 valence electrons. The largest absolute Gasteiger partial charge is 0.377 e. The number of urea groups is 1. The number of benzene rings is 2. The molecule has 5 nitrogen and oxygen atoms in total. The zero-order valence-corrected chi connectivity index (χ0v) is 13.3. The van der Waals surface area contributed by atoms with E-state index in [0.717, 1.165) is 11.4 Å². The molecule has 0 fully saturated rings. The second-order valence-corrected chi connectivity index (χ2v) is 5.49. The van der Waals surface area contributed by atoms with Crippen LogP contribution in [0.2, 0.25) is 5.02 Å². The molecular formula is C17H17ClN4O. The van der Waals surface area contributed by atoms with Gasteiger partial charge in [-0.1, -0.05) is 41.9 Å². The molecule has 23 heavy (non-hydrogen) atoms. The number of amides is 2. The lowest BCUT2D eigenvalue weighted by atomic mass is 10.3. The van der Waals surface area contributed by atoms with E-state index >= 15 is 0 Å². The van der Waals surface area contributed by atoms with Crippen molar-refractivity contribution in [3.8, 4) is 0 Å². The number of hydrogen-bond donors (Lipinski definition) is 2. The van der Waals surface area contributed by atoms with Gasteiger partial charge in [-0.15, -0.1) is 0 Å². The Morgan fingerprint density at radius 1 is 1.13 bits per heavy atom. The van der Waals surface area contributed by atoms with E-state index in [2.05, 4.69) is 15.6 Å². The van der Waals surface area contributed by atoms with E-state index in [4.69, 9.17) is 11.6 Å². The molecule has 1 heterocycles. The summed E-state index contributed by atoms with van der Waals surface area (Å²) < 4.78 is 0. The van der Waals surface area contributed by atoms with Crippen LogP contribution in [0.3, 0.4) is 0 Å². The van der Waals surface area contributed by atoms with E-state index in [1.165, 1.54) is 0 Å². The van der Waals surface area contributed by atoms with E-state index in [0.29, 0.717) is 30.5 Å². The van der Waals surface area contributed by atoms with Crippen molar-refractivity contribution in [3.63, 3.8) is 0 Å². The third-order valence-electron chi connectivity index (χ3n) is 3.51. The van der Waals surface area contributed by atoms with Crippen molar-refractivity contribution < 1.29 is 4.79 Å². The number of amidine groups is 1. The normalized spacial score (nSPS) is 13.6. The second kappa shape index (κ2) is 7.15. The average molecular weight is 329 g/mol. The standard InChI is InChI=1S/C17H17ClN4O/c18-14-8-4-5-9-15(14)20-12-16-19-10-11-22(16)17(23)21-13-6-2-1-3-7-13/h1-9,20H,10-12H2,(H,21,23).